The number of likely N-dealkylation sites (tertiary alicyclic amines) is 1. The SMILES string of the molecule is Cc1c(C(=O)N(C)C2CCN(C)CC2)oc2c1/C(=N/Nc1ccc(F)cc1)CCC2. The molecule has 0 spiro atoms. The first-order chi connectivity index (χ1) is 14.4. The highest BCUT2D eigenvalue weighted by molar-refractivity contribution is 6.06. The molecule has 1 saturated heterocycles. The van der Waals surface area contributed by atoms with Crippen LogP contribution in [-0.2, 0) is 6.42 Å². The summed E-state index contributed by atoms with van der Waals surface area (Å²) in [5.41, 5.74) is 6.40. The number of carbonyl (C=O) groups is 1. The van der Waals surface area contributed by atoms with Gasteiger partial charge in [0, 0.05) is 30.6 Å². The molecule has 1 N–H and O–H groups in total. The minimum absolute atomic E-state index is 0.0534. The van der Waals surface area contributed by atoms with Crippen LogP contribution in [0.3, 0.4) is 0 Å². The number of fused-ring (bicyclic) bond motifs is 1. The van der Waals surface area contributed by atoms with Crippen LogP contribution in [0.15, 0.2) is 33.8 Å². The Kier molecular flexibility index (Phi) is 5.90. The van der Waals surface area contributed by atoms with Crippen molar-refractivity contribution in [3.05, 3.63) is 52.7 Å². The number of carbonyl (C=O) groups excluding carboxylic acids is 1. The number of aryl methyl sites for hydroxylation is 1. The van der Waals surface area contributed by atoms with Crippen LogP contribution in [0.2, 0.25) is 0 Å². The Bertz CT molecular complexity index is 943. The first-order valence-corrected chi connectivity index (χ1v) is 10.6. The normalized spacial score (nSPS) is 19.0. The van der Waals surface area contributed by atoms with Crippen molar-refractivity contribution in [3.8, 4) is 0 Å². The van der Waals surface area contributed by atoms with E-state index in [-0.39, 0.29) is 17.8 Å². The van der Waals surface area contributed by atoms with Crippen LogP contribution < -0.4 is 5.43 Å². The standard InChI is InChI=1S/C23H29FN4O2/c1-15-21-19(26-25-17-9-7-16(24)8-10-17)5-4-6-20(21)30-22(15)23(29)28(3)18-11-13-27(2)14-12-18/h7-10,18,25H,4-6,11-14H2,1-3H3/b26-19+. The van der Waals surface area contributed by atoms with Crippen molar-refractivity contribution in [1.82, 2.24) is 9.80 Å². The monoisotopic (exact) mass is 412 g/mol. The van der Waals surface area contributed by atoms with E-state index in [0.29, 0.717) is 5.76 Å². The molecule has 1 aliphatic heterocycles. The Labute approximate surface area is 176 Å². The minimum atomic E-state index is -0.282. The molecular weight excluding hydrogens is 383 g/mol. The number of furan rings is 1. The lowest BCUT2D eigenvalue weighted by atomic mass is 9.93. The number of hydrazone groups is 1. The fourth-order valence-corrected chi connectivity index (χ4v) is 4.35. The summed E-state index contributed by atoms with van der Waals surface area (Å²) >= 11 is 0. The van der Waals surface area contributed by atoms with Gasteiger partial charge in [0.25, 0.3) is 5.91 Å². The number of amides is 1. The van der Waals surface area contributed by atoms with Gasteiger partial charge in [-0.1, -0.05) is 0 Å². The van der Waals surface area contributed by atoms with Crippen molar-refractivity contribution < 1.29 is 13.6 Å². The number of piperidine rings is 1. The lowest BCUT2D eigenvalue weighted by Crippen LogP contribution is -2.44. The highest BCUT2D eigenvalue weighted by Crippen LogP contribution is 2.31. The van der Waals surface area contributed by atoms with Gasteiger partial charge < -0.3 is 14.2 Å². The van der Waals surface area contributed by atoms with Crippen LogP contribution in [0.5, 0.6) is 0 Å². The molecule has 30 heavy (non-hydrogen) atoms. The molecule has 0 saturated carbocycles. The average molecular weight is 413 g/mol. The molecule has 1 fully saturated rings. The molecule has 1 aromatic carbocycles. The predicted octanol–water partition coefficient (Wildman–Crippen LogP) is 4.05. The summed E-state index contributed by atoms with van der Waals surface area (Å²) in [6.07, 6.45) is 4.48. The number of nitrogens with one attached hydrogen (secondary N) is 1. The molecule has 1 aromatic heterocycles. The smallest absolute Gasteiger partial charge is 0.289 e. The van der Waals surface area contributed by atoms with Gasteiger partial charge in [0.15, 0.2) is 5.76 Å². The zero-order valence-electron chi connectivity index (χ0n) is 17.9. The van der Waals surface area contributed by atoms with E-state index >= 15 is 0 Å². The molecule has 2 aromatic rings. The number of halogens is 1. The maximum atomic E-state index is 13.2. The molecule has 0 atom stereocenters. The summed E-state index contributed by atoms with van der Waals surface area (Å²) in [7, 11) is 3.99. The summed E-state index contributed by atoms with van der Waals surface area (Å²) in [6.45, 7) is 3.94. The van der Waals surface area contributed by atoms with Crippen molar-refractivity contribution in [3.63, 3.8) is 0 Å². The Hall–Kier alpha value is -2.67. The highest BCUT2D eigenvalue weighted by atomic mass is 19.1. The average Bonchev–Trinajstić information content (AvgIpc) is 3.10. The Morgan fingerprint density at radius 3 is 2.63 bits per heavy atom. The molecule has 160 valence electrons. The van der Waals surface area contributed by atoms with Crippen LogP contribution in [0.25, 0.3) is 0 Å². The number of nitrogens with zero attached hydrogens (tertiary/aromatic N) is 3. The Balaban J connectivity index is 1.55. The molecule has 0 bridgehead atoms. The van der Waals surface area contributed by atoms with Crippen LogP contribution in [0.4, 0.5) is 10.1 Å². The van der Waals surface area contributed by atoms with Crippen LogP contribution in [-0.4, -0.2) is 54.6 Å². The van der Waals surface area contributed by atoms with Crippen molar-refractivity contribution in [1.29, 1.82) is 0 Å². The van der Waals surface area contributed by atoms with Crippen LogP contribution >= 0.6 is 0 Å². The van der Waals surface area contributed by atoms with Gasteiger partial charge in [-0.05, 0) is 77.0 Å². The second-order valence-electron chi connectivity index (χ2n) is 8.34. The highest BCUT2D eigenvalue weighted by Gasteiger charge is 2.32. The van der Waals surface area contributed by atoms with Crippen LogP contribution in [0, 0.1) is 12.7 Å². The maximum Gasteiger partial charge on any atom is 0.289 e. The third-order valence-electron chi connectivity index (χ3n) is 6.24. The van der Waals surface area contributed by atoms with Crippen molar-refractivity contribution in [2.24, 2.45) is 5.10 Å². The topological polar surface area (TPSA) is 61.1 Å². The third kappa shape index (κ3) is 4.12. The van der Waals surface area contributed by atoms with Gasteiger partial charge in [0.1, 0.15) is 11.6 Å². The second kappa shape index (κ2) is 8.60. The molecule has 1 amide bonds. The zero-order valence-corrected chi connectivity index (χ0v) is 17.9. The first-order valence-electron chi connectivity index (χ1n) is 10.6. The lowest BCUT2D eigenvalue weighted by Gasteiger charge is -2.34. The molecular formula is C23H29FN4O2. The van der Waals surface area contributed by atoms with Crippen LogP contribution in [0.1, 0.15) is 53.1 Å². The van der Waals surface area contributed by atoms with Gasteiger partial charge >= 0.3 is 0 Å². The summed E-state index contributed by atoms with van der Waals surface area (Å²) in [5, 5.41) is 4.55. The van der Waals surface area contributed by atoms with Gasteiger partial charge in [-0.3, -0.25) is 10.2 Å². The molecule has 2 heterocycles. The third-order valence-corrected chi connectivity index (χ3v) is 6.24. The van der Waals surface area contributed by atoms with E-state index in [1.165, 1.54) is 12.1 Å². The van der Waals surface area contributed by atoms with Gasteiger partial charge in [0.2, 0.25) is 0 Å². The van der Waals surface area contributed by atoms with E-state index in [9.17, 15) is 9.18 Å². The molecule has 4 rings (SSSR count). The molecule has 0 radical (unpaired) electrons. The van der Waals surface area contributed by atoms with Gasteiger partial charge in [-0.25, -0.2) is 4.39 Å². The predicted molar refractivity (Wildman–Crippen MR) is 116 cm³/mol. The van der Waals surface area contributed by atoms with Gasteiger partial charge in [-0.15, -0.1) is 0 Å². The summed E-state index contributed by atoms with van der Waals surface area (Å²) in [6, 6.07) is 6.33. The van der Waals surface area contributed by atoms with E-state index in [4.69, 9.17) is 4.42 Å². The van der Waals surface area contributed by atoms with E-state index in [2.05, 4.69) is 22.5 Å². The number of rotatable bonds is 4. The largest absolute Gasteiger partial charge is 0.455 e. The quantitative estimate of drug-likeness (QED) is 0.770. The number of anilines is 1. The molecule has 1 aliphatic carbocycles. The fourth-order valence-electron chi connectivity index (χ4n) is 4.35. The van der Waals surface area contributed by atoms with Crippen molar-refractivity contribution >= 4 is 17.3 Å². The summed E-state index contributed by atoms with van der Waals surface area (Å²) < 4.78 is 19.2. The van der Waals surface area contributed by atoms with Gasteiger partial charge in [0.05, 0.1) is 11.4 Å². The molecule has 7 heteroatoms. The lowest BCUT2D eigenvalue weighted by molar-refractivity contribution is 0.0625. The van der Waals surface area contributed by atoms with E-state index < -0.39 is 0 Å². The Morgan fingerprint density at radius 2 is 1.93 bits per heavy atom. The Morgan fingerprint density at radius 1 is 1.23 bits per heavy atom. The number of hydrogen-bond donors (Lipinski definition) is 1. The minimum Gasteiger partial charge on any atom is -0.455 e. The van der Waals surface area contributed by atoms with Crippen molar-refractivity contribution in [2.45, 2.75) is 45.1 Å². The maximum absolute atomic E-state index is 13.2. The molecule has 0 unspecified atom stereocenters. The van der Waals surface area contributed by atoms with Crippen molar-refractivity contribution in [2.75, 3.05) is 32.6 Å². The number of hydrogen-bond acceptors (Lipinski definition) is 5. The summed E-state index contributed by atoms with van der Waals surface area (Å²) in [5.74, 6) is 0.925. The summed E-state index contributed by atoms with van der Waals surface area (Å²) in [4.78, 5) is 17.3. The van der Waals surface area contributed by atoms with Gasteiger partial charge in [-0.2, -0.15) is 5.10 Å². The van der Waals surface area contributed by atoms with E-state index in [1.807, 2.05) is 18.9 Å². The number of benzene rings is 1. The zero-order chi connectivity index (χ0) is 21.3. The fraction of sp³-hybridized carbons (Fsp3) is 0.478. The molecule has 2 aliphatic rings. The van der Waals surface area contributed by atoms with E-state index in [0.717, 1.165) is 73.5 Å². The first kappa shape index (κ1) is 20.6. The second-order valence-corrected chi connectivity index (χ2v) is 8.34. The molecule has 6 nitrogen and oxygen atoms in total. The van der Waals surface area contributed by atoms with E-state index in [1.54, 1.807) is 12.1 Å².